The number of sulfonamides is 1. The van der Waals surface area contributed by atoms with Crippen molar-refractivity contribution < 1.29 is 26.9 Å². The fourth-order valence-corrected chi connectivity index (χ4v) is 4.68. The second-order valence-electron chi connectivity index (χ2n) is 7.04. The first kappa shape index (κ1) is 22.0. The topological polar surface area (TPSA) is 115 Å². The van der Waals surface area contributed by atoms with Gasteiger partial charge in [-0.3, -0.25) is 14.4 Å². The van der Waals surface area contributed by atoms with Gasteiger partial charge in [0.1, 0.15) is 11.6 Å². The van der Waals surface area contributed by atoms with Gasteiger partial charge in [-0.1, -0.05) is 23.7 Å². The number of benzene rings is 2. The van der Waals surface area contributed by atoms with Crippen LogP contribution >= 0.6 is 11.6 Å². The molecule has 0 bridgehead atoms. The van der Waals surface area contributed by atoms with Crippen molar-refractivity contribution in [3.05, 3.63) is 58.5 Å². The lowest BCUT2D eigenvalue weighted by atomic mass is 10.1. The van der Waals surface area contributed by atoms with Crippen LogP contribution in [0.1, 0.15) is 24.2 Å². The highest BCUT2D eigenvalue weighted by molar-refractivity contribution is 7.92. The molecule has 0 radical (unpaired) electrons. The quantitative estimate of drug-likeness (QED) is 0.574. The predicted molar refractivity (Wildman–Crippen MR) is 114 cm³/mol. The van der Waals surface area contributed by atoms with Gasteiger partial charge in [-0.2, -0.15) is 4.98 Å². The zero-order valence-electron chi connectivity index (χ0n) is 17.1. The van der Waals surface area contributed by atoms with Gasteiger partial charge in [-0.25, -0.2) is 12.8 Å². The monoisotopic (exact) mass is 480 g/mol. The van der Waals surface area contributed by atoms with Crippen molar-refractivity contribution >= 4 is 38.9 Å². The Morgan fingerprint density at radius 1 is 1.28 bits per heavy atom. The highest BCUT2D eigenvalue weighted by Crippen LogP contribution is 2.37. The summed E-state index contributed by atoms with van der Waals surface area (Å²) in [5, 5.41) is 4.00. The molecular weight excluding hydrogens is 463 g/mol. The van der Waals surface area contributed by atoms with E-state index in [9.17, 15) is 17.6 Å². The second-order valence-corrected chi connectivity index (χ2v) is 9.13. The largest absolute Gasteiger partial charge is 0.482 e. The van der Waals surface area contributed by atoms with Crippen LogP contribution < -0.4 is 14.4 Å². The third-order valence-electron chi connectivity index (χ3n) is 4.78. The van der Waals surface area contributed by atoms with E-state index < -0.39 is 15.8 Å². The first-order valence-corrected chi connectivity index (χ1v) is 11.4. The second kappa shape index (κ2) is 8.40. The molecule has 0 saturated heterocycles. The minimum absolute atomic E-state index is 0.0401. The number of aromatic nitrogens is 2. The van der Waals surface area contributed by atoms with Gasteiger partial charge in [-0.15, -0.1) is 0 Å². The Hall–Kier alpha value is -3.18. The minimum Gasteiger partial charge on any atom is -0.482 e. The minimum atomic E-state index is -4.16. The Balaban J connectivity index is 1.67. The number of aryl methyl sites for hydroxylation is 2. The van der Waals surface area contributed by atoms with E-state index in [-0.39, 0.29) is 40.4 Å². The van der Waals surface area contributed by atoms with Crippen molar-refractivity contribution in [2.75, 3.05) is 16.2 Å². The maximum Gasteiger partial charge on any atom is 0.265 e. The molecule has 12 heteroatoms. The molecule has 0 saturated carbocycles. The zero-order valence-corrected chi connectivity index (χ0v) is 18.6. The van der Waals surface area contributed by atoms with Gasteiger partial charge in [0, 0.05) is 17.5 Å². The highest BCUT2D eigenvalue weighted by atomic mass is 35.5. The summed E-state index contributed by atoms with van der Waals surface area (Å²) in [5.74, 6) is -0.198. The van der Waals surface area contributed by atoms with Crippen LogP contribution in [0.25, 0.3) is 0 Å². The van der Waals surface area contributed by atoms with E-state index in [2.05, 4.69) is 14.9 Å². The van der Waals surface area contributed by atoms with Gasteiger partial charge in [-0.05, 0) is 36.8 Å². The normalized spacial score (nSPS) is 13.6. The molecule has 0 spiro atoms. The van der Waals surface area contributed by atoms with E-state index >= 15 is 0 Å². The molecule has 0 unspecified atom stereocenters. The molecular formula is C20H18ClFN4O5S. The zero-order chi connectivity index (χ0) is 23.0. The molecule has 2 aromatic carbocycles. The number of hydrogen-bond donors (Lipinski definition) is 1. The van der Waals surface area contributed by atoms with Crippen LogP contribution in [-0.2, 0) is 27.8 Å². The maximum absolute atomic E-state index is 14.1. The number of hydrogen-bond acceptors (Lipinski definition) is 7. The summed E-state index contributed by atoms with van der Waals surface area (Å²) in [7, 11) is -4.16. The van der Waals surface area contributed by atoms with Gasteiger partial charge in [0.15, 0.2) is 12.4 Å². The summed E-state index contributed by atoms with van der Waals surface area (Å²) in [6.45, 7) is 3.18. The van der Waals surface area contributed by atoms with E-state index in [1.165, 1.54) is 29.2 Å². The van der Waals surface area contributed by atoms with Crippen LogP contribution in [-0.4, -0.2) is 31.1 Å². The van der Waals surface area contributed by atoms with Crippen LogP contribution in [0, 0.1) is 12.7 Å². The molecule has 32 heavy (non-hydrogen) atoms. The molecule has 1 aliphatic rings. The van der Waals surface area contributed by atoms with Gasteiger partial charge in [0.2, 0.25) is 5.89 Å². The standard InChI is InChI=1S/C20H18ClFN4O5S/c1-3-19-23-18(24-31-19)9-26-15-6-11(2)17(8-16(15)30-10-20(26)27)32(28,29)25-14-5-4-12(21)7-13(14)22/h4-8,25H,3,9-10H2,1-2H3. The smallest absolute Gasteiger partial charge is 0.265 e. The van der Waals surface area contributed by atoms with E-state index in [4.69, 9.17) is 20.9 Å². The van der Waals surface area contributed by atoms with Gasteiger partial charge in [0.05, 0.1) is 22.8 Å². The fourth-order valence-electron chi connectivity index (χ4n) is 3.21. The van der Waals surface area contributed by atoms with Crippen LogP contribution in [0.2, 0.25) is 5.02 Å². The maximum atomic E-state index is 14.1. The summed E-state index contributed by atoms with van der Waals surface area (Å²) in [6, 6.07) is 6.42. The van der Waals surface area contributed by atoms with Gasteiger partial charge >= 0.3 is 0 Å². The van der Waals surface area contributed by atoms with Gasteiger partial charge in [0.25, 0.3) is 15.9 Å². The average molecular weight is 481 g/mol. The Labute approximate surface area is 188 Å². The summed E-state index contributed by atoms with van der Waals surface area (Å²) in [5.41, 5.74) is 0.461. The lowest BCUT2D eigenvalue weighted by Gasteiger charge is -2.29. The molecule has 0 aliphatic carbocycles. The van der Waals surface area contributed by atoms with Crippen molar-refractivity contribution in [1.82, 2.24) is 10.1 Å². The van der Waals surface area contributed by atoms with E-state index in [1.54, 1.807) is 6.92 Å². The summed E-state index contributed by atoms with van der Waals surface area (Å²) >= 11 is 5.72. The number of nitrogens with zero attached hydrogens (tertiary/aromatic N) is 3. The molecule has 1 aliphatic heterocycles. The average Bonchev–Trinajstić information content (AvgIpc) is 3.20. The summed E-state index contributed by atoms with van der Waals surface area (Å²) in [4.78, 5) is 18.0. The lowest BCUT2D eigenvalue weighted by Crippen LogP contribution is -2.38. The molecule has 168 valence electrons. The number of carbonyl (C=O) groups is 1. The van der Waals surface area contributed by atoms with Crippen LogP contribution in [0.4, 0.5) is 15.8 Å². The number of amides is 1. The Bertz CT molecular complexity index is 1310. The molecule has 1 amide bonds. The van der Waals surface area contributed by atoms with Gasteiger partial charge < -0.3 is 9.26 Å². The molecule has 2 heterocycles. The third-order valence-corrected chi connectivity index (χ3v) is 6.52. The third kappa shape index (κ3) is 4.26. The van der Waals surface area contributed by atoms with Crippen molar-refractivity contribution in [3.63, 3.8) is 0 Å². The Morgan fingerprint density at radius 3 is 2.75 bits per heavy atom. The van der Waals surface area contributed by atoms with Crippen LogP contribution in [0.5, 0.6) is 5.75 Å². The summed E-state index contributed by atoms with van der Waals surface area (Å²) in [6.07, 6.45) is 0.558. The lowest BCUT2D eigenvalue weighted by molar-refractivity contribution is -0.121. The van der Waals surface area contributed by atoms with Crippen LogP contribution in [0.3, 0.4) is 0 Å². The predicted octanol–water partition coefficient (Wildman–Crippen LogP) is 3.46. The highest BCUT2D eigenvalue weighted by Gasteiger charge is 2.30. The van der Waals surface area contributed by atoms with Crippen molar-refractivity contribution in [3.8, 4) is 5.75 Å². The number of fused-ring (bicyclic) bond motifs is 1. The SMILES string of the molecule is CCc1nc(CN2C(=O)COc3cc(S(=O)(=O)Nc4ccc(Cl)cc4F)c(C)cc32)no1. The van der Waals surface area contributed by atoms with Crippen LogP contribution in [0.15, 0.2) is 39.8 Å². The number of ether oxygens (including phenoxy) is 1. The summed E-state index contributed by atoms with van der Waals surface area (Å²) < 4.78 is 52.7. The van der Waals surface area contributed by atoms with Crippen molar-refractivity contribution in [2.24, 2.45) is 0 Å². The molecule has 1 aromatic heterocycles. The number of rotatable bonds is 6. The number of carbonyl (C=O) groups excluding carboxylic acids is 1. The van der Waals surface area contributed by atoms with E-state index in [0.717, 1.165) is 6.07 Å². The molecule has 0 fully saturated rings. The van der Waals surface area contributed by atoms with Crippen molar-refractivity contribution in [2.45, 2.75) is 31.7 Å². The molecule has 9 nitrogen and oxygen atoms in total. The number of anilines is 2. The van der Waals surface area contributed by atoms with E-state index in [1.807, 2.05) is 6.92 Å². The molecule has 1 N–H and O–H groups in total. The first-order valence-electron chi connectivity index (χ1n) is 9.55. The number of nitrogens with one attached hydrogen (secondary N) is 1. The molecule has 3 aromatic rings. The van der Waals surface area contributed by atoms with E-state index in [0.29, 0.717) is 29.4 Å². The Morgan fingerprint density at radius 2 is 2.06 bits per heavy atom. The fraction of sp³-hybridized carbons (Fsp3) is 0.250. The Kier molecular flexibility index (Phi) is 5.78. The molecule has 0 atom stereocenters. The number of halogens is 2. The van der Waals surface area contributed by atoms with Crippen molar-refractivity contribution in [1.29, 1.82) is 0 Å². The first-order chi connectivity index (χ1) is 15.2. The molecule has 4 rings (SSSR count).